The van der Waals surface area contributed by atoms with Crippen molar-refractivity contribution in [1.82, 2.24) is 10.6 Å². The Bertz CT molecular complexity index is 872. The number of benzene rings is 2. The zero-order valence-electron chi connectivity index (χ0n) is 15.7. The third-order valence-corrected chi connectivity index (χ3v) is 5.25. The number of nitrogens with one attached hydrogen (secondary N) is 2. The fourth-order valence-electron chi connectivity index (χ4n) is 2.92. The van der Waals surface area contributed by atoms with E-state index in [9.17, 15) is 13.6 Å². The molecule has 2 N–H and O–H groups in total. The van der Waals surface area contributed by atoms with Gasteiger partial charge in [-0.25, -0.2) is 0 Å². The van der Waals surface area contributed by atoms with E-state index in [0.717, 1.165) is 16.0 Å². The predicted molar refractivity (Wildman–Crippen MR) is 110 cm³/mol. The number of halogens is 2. The van der Waals surface area contributed by atoms with E-state index in [1.807, 2.05) is 41.8 Å². The highest BCUT2D eigenvalue weighted by atomic mass is 32.1. The van der Waals surface area contributed by atoms with Crippen LogP contribution in [0.2, 0.25) is 0 Å². The zero-order valence-corrected chi connectivity index (χ0v) is 16.5. The fourth-order valence-corrected chi connectivity index (χ4v) is 3.75. The first kappa shape index (κ1) is 21.0. The summed E-state index contributed by atoms with van der Waals surface area (Å²) < 4.78 is 28.7. The van der Waals surface area contributed by atoms with Crippen LogP contribution in [0.5, 0.6) is 5.75 Å². The predicted octanol–water partition coefficient (Wildman–Crippen LogP) is 4.39. The van der Waals surface area contributed by atoms with Crippen LogP contribution in [0, 0.1) is 0 Å². The van der Waals surface area contributed by atoms with Crippen LogP contribution in [0.4, 0.5) is 8.78 Å². The molecule has 0 spiro atoms. The first-order valence-electron chi connectivity index (χ1n) is 9.24. The Morgan fingerprint density at radius 3 is 2.41 bits per heavy atom. The van der Waals surface area contributed by atoms with Crippen LogP contribution in [-0.2, 0) is 11.2 Å². The van der Waals surface area contributed by atoms with Crippen molar-refractivity contribution < 1.29 is 18.3 Å². The number of rotatable bonds is 10. The first-order chi connectivity index (χ1) is 14.1. The lowest BCUT2D eigenvalue weighted by molar-refractivity contribution is -0.120. The molecule has 0 aliphatic rings. The average molecular weight is 416 g/mol. The summed E-state index contributed by atoms with van der Waals surface area (Å²) in [6.45, 7) is -2.18. The number of hydrogen-bond acceptors (Lipinski definition) is 4. The van der Waals surface area contributed by atoms with Gasteiger partial charge in [0.2, 0.25) is 5.91 Å². The van der Waals surface area contributed by atoms with Crippen molar-refractivity contribution in [3.8, 4) is 5.75 Å². The van der Waals surface area contributed by atoms with Crippen molar-refractivity contribution in [3.63, 3.8) is 0 Å². The smallest absolute Gasteiger partial charge is 0.387 e. The van der Waals surface area contributed by atoms with Gasteiger partial charge in [0.1, 0.15) is 5.75 Å². The summed E-state index contributed by atoms with van der Waals surface area (Å²) in [6.07, 6.45) is 0.605. The Labute approximate surface area is 172 Å². The van der Waals surface area contributed by atoms with Gasteiger partial charge in [0.15, 0.2) is 0 Å². The summed E-state index contributed by atoms with van der Waals surface area (Å²) in [7, 11) is 0. The Morgan fingerprint density at radius 2 is 1.76 bits per heavy atom. The zero-order chi connectivity index (χ0) is 20.5. The summed E-state index contributed by atoms with van der Waals surface area (Å²) >= 11 is 1.65. The standard InChI is InChI=1S/C22H22F2N2O2S/c23-22(24)28-18-10-8-16(9-11-18)12-13-25-20(27)15-26-21(19-7-4-14-29-19)17-5-2-1-3-6-17/h1-11,14,21-22,26H,12-13,15H2,(H,25,27)/t21-/m1/s1. The molecule has 0 unspecified atom stereocenters. The highest BCUT2D eigenvalue weighted by molar-refractivity contribution is 7.10. The second-order valence-corrected chi connectivity index (χ2v) is 7.34. The van der Waals surface area contributed by atoms with Crippen LogP contribution < -0.4 is 15.4 Å². The highest BCUT2D eigenvalue weighted by Gasteiger charge is 2.15. The van der Waals surface area contributed by atoms with Gasteiger partial charge in [0, 0.05) is 11.4 Å². The van der Waals surface area contributed by atoms with E-state index in [4.69, 9.17) is 0 Å². The average Bonchev–Trinajstić information content (AvgIpc) is 3.24. The molecule has 1 aromatic heterocycles. The Morgan fingerprint density at radius 1 is 1.00 bits per heavy atom. The van der Waals surface area contributed by atoms with E-state index in [2.05, 4.69) is 21.4 Å². The Hall–Kier alpha value is -2.77. The monoisotopic (exact) mass is 416 g/mol. The normalized spacial score (nSPS) is 12.0. The molecule has 0 aliphatic heterocycles. The lowest BCUT2D eigenvalue weighted by atomic mass is 10.1. The van der Waals surface area contributed by atoms with Crippen molar-refractivity contribution >= 4 is 17.2 Å². The van der Waals surface area contributed by atoms with Crippen LogP contribution >= 0.6 is 11.3 Å². The molecule has 0 saturated heterocycles. The molecule has 3 rings (SSSR count). The number of alkyl halides is 2. The van der Waals surface area contributed by atoms with Gasteiger partial charge in [-0.1, -0.05) is 48.5 Å². The van der Waals surface area contributed by atoms with Crippen molar-refractivity contribution in [2.75, 3.05) is 13.1 Å². The molecule has 0 bridgehead atoms. The summed E-state index contributed by atoms with van der Waals surface area (Å²) in [6, 6.07) is 20.4. The third-order valence-electron chi connectivity index (χ3n) is 4.31. The highest BCUT2D eigenvalue weighted by Crippen LogP contribution is 2.25. The van der Waals surface area contributed by atoms with Crippen molar-refractivity contribution in [2.24, 2.45) is 0 Å². The van der Waals surface area contributed by atoms with Crippen molar-refractivity contribution in [1.29, 1.82) is 0 Å². The van der Waals surface area contributed by atoms with E-state index >= 15 is 0 Å². The molecule has 0 radical (unpaired) electrons. The maximum Gasteiger partial charge on any atom is 0.387 e. The number of amides is 1. The molecule has 0 fully saturated rings. The van der Waals surface area contributed by atoms with E-state index in [1.54, 1.807) is 23.5 Å². The lowest BCUT2D eigenvalue weighted by Crippen LogP contribution is -2.36. The van der Waals surface area contributed by atoms with Gasteiger partial charge in [-0.15, -0.1) is 11.3 Å². The summed E-state index contributed by atoms with van der Waals surface area (Å²) in [5, 5.41) is 8.22. The molecule has 1 atom stereocenters. The minimum Gasteiger partial charge on any atom is -0.435 e. The molecule has 0 saturated carbocycles. The quantitative estimate of drug-likeness (QED) is 0.516. The molecule has 7 heteroatoms. The molecule has 4 nitrogen and oxygen atoms in total. The Kier molecular flexibility index (Phi) is 7.72. The van der Waals surface area contributed by atoms with Gasteiger partial charge in [0.05, 0.1) is 12.6 Å². The number of thiophene rings is 1. The molecule has 1 amide bonds. The minimum atomic E-state index is -2.83. The van der Waals surface area contributed by atoms with Crippen LogP contribution in [0.1, 0.15) is 22.0 Å². The summed E-state index contributed by atoms with van der Waals surface area (Å²) in [5.41, 5.74) is 2.04. The van der Waals surface area contributed by atoms with Gasteiger partial charge < -0.3 is 10.1 Å². The number of hydrogen-bond donors (Lipinski definition) is 2. The van der Waals surface area contributed by atoms with Crippen LogP contribution in [0.15, 0.2) is 72.1 Å². The molecule has 1 heterocycles. The largest absolute Gasteiger partial charge is 0.435 e. The van der Waals surface area contributed by atoms with Crippen LogP contribution in [-0.4, -0.2) is 25.6 Å². The topological polar surface area (TPSA) is 50.4 Å². The number of carbonyl (C=O) groups is 1. The molecule has 29 heavy (non-hydrogen) atoms. The minimum absolute atomic E-state index is 0.0377. The van der Waals surface area contributed by atoms with Gasteiger partial charge in [-0.05, 0) is 41.1 Å². The lowest BCUT2D eigenvalue weighted by Gasteiger charge is -2.18. The SMILES string of the molecule is O=C(CN[C@H](c1ccccc1)c1cccs1)NCCc1ccc(OC(F)F)cc1. The summed E-state index contributed by atoms with van der Waals surface area (Å²) in [4.78, 5) is 13.4. The fraction of sp³-hybridized carbons (Fsp3) is 0.227. The first-order valence-corrected chi connectivity index (χ1v) is 10.1. The van der Waals surface area contributed by atoms with Gasteiger partial charge in [0.25, 0.3) is 0 Å². The van der Waals surface area contributed by atoms with Crippen LogP contribution in [0.3, 0.4) is 0 Å². The maximum atomic E-state index is 12.2. The van der Waals surface area contributed by atoms with Gasteiger partial charge in [-0.2, -0.15) is 8.78 Å². The molecular formula is C22H22F2N2O2S. The van der Waals surface area contributed by atoms with Gasteiger partial charge >= 0.3 is 6.61 Å². The van der Waals surface area contributed by atoms with E-state index in [0.29, 0.717) is 13.0 Å². The third kappa shape index (κ3) is 6.66. The molecule has 0 aliphatic carbocycles. The molecule has 152 valence electrons. The Balaban J connectivity index is 1.46. The van der Waals surface area contributed by atoms with Crippen molar-refractivity contribution in [2.45, 2.75) is 19.1 Å². The summed E-state index contributed by atoms with van der Waals surface area (Å²) in [5.74, 6) is 0.0256. The van der Waals surface area contributed by atoms with Crippen LogP contribution in [0.25, 0.3) is 0 Å². The second-order valence-electron chi connectivity index (χ2n) is 6.36. The van der Waals surface area contributed by atoms with E-state index in [-0.39, 0.29) is 24.2 Å². The van der Waals surface area contributed by atoms with E-state index in [1.165, 1.54) is 12.1 Å². The maximum absolute atomic E-state index is 12.2. The second kappa shape index (κ2) is 10.7. The number of ether oxygens (including phenoxy) is 1. The molecular weight excluding hydrogens is 394 g/mol. The molecule has 3 aromatic rings. The number of carbonyl (C=O) groups excluding carboxylic acids is 1. The van der Waals surface area contributed by atoms with E-state index < -0.39 is 6.61 Å². The van der Waals surface area contributed by atoms with Gasteiger partial charge in [-0.3, -0.25) is 10.1 Å². The molecule has 2 aromatic carbocycles. The van der Waals surface area contributed by atoms with Crippen molar-refractivity contribution in [3.05, 3.63) is 88.1 Å².